The molecule has 0 bridgehead atoms. The van der Waals surface area contributed by atoms with E-state index in [2.05, 4.69) is 5.32 Å². The maximum Gasteiger partial charge on any atom is 0.146 e. The van der Waals surface area contributed by atoms with Crippen molar-refractivity contribution in [2.24, 2.45) is 0 Å². The van der Waals surface area contributed by atoms with E-state index in [0.717, 1.165) is 30.5 Å². The van der Waals surface area contributed by atoms with Gasteiger partial charge in [0.1, 0.15) is 16.5 Å². The summed E-state index contributed by atoms with van der Waals surface area (Å²) in [6, 6.07) is 2.23. The van der Waals surface area contributed by atoms with E-state index in [-0.39, 0.29) is 11.8 Å². The predicted octanol–water partition coefficient (Wildman–Crippen LogP) is 2.79. The lowest BCUT2D eigenvalue weighted by Gasteiger charge is -2.18. The van der Waals surface area contributed by atoms with Crippen molar-refractivity contribution < 1.29 is 9.84 Å². The number of phenols is 1. The van der Waals surface area contributed by atoms with Crippen molar-refractivity contribution in [3.63, 3.8) is 0 Å². The van der Waals surface area contributed by atoms with Gasteiger partial charge in [-0.05, 0) is 37.9 Å². The number of ether oxygens (including phenoxy) is 1. The number of methoxy groups -OCH3 is 1. The molecule has 4 heteroatoms. The molecule has 0 aliphatic carbocycles. The lowest BCUT2D eigenvalue weighted by Crippen LogP contribution is -2.14. The second-order valence-electron chi connectivity index (χ2n) is 4.13. The third kappa shape index (κ3) is 1.85. The van der Waals surface area contributed by atoms with Crippen molar-refractivity contribution in [3.8, 4) is 11.5 Å². The molecule has 0 saturated carbocycles. The number of halogens is 1. The van der Waals surface area contributed by atoms with E-state index in [1.807, 2.05) is 13.0 Å². The maximum absolute atomic E-state index is 9.75. The fourth-order valence-corrected chi connectivity index (χ4v) is 2.53. The second kappa shape index (κ2) is 4.52. The van der Waals surface area contributed by atoms with E-state index in [1.165, 1.54) is 0 Å². The maximum atomic E-state index is 9.75. The first-order chi connectivity index (χ1) is 7.65. The Labute approximate surface area is 100 Å². The lowest BCUT2D eigenvalue weighted by atomic mass is 10.0. The molecule has 1 saturated heterocycles. The molecule has 1 atom stereocenters. The van der Waals surface area contributed by atoms with E-state index in [1.54, 1.807) is 7.11 Å². The summed E-state index contributed by atoms with van der Waals surface area (Å²) in [5.74, 6) is 0.699. The highest BCUT2D eigenvalue weighted by molar-refractivity contribution is 6.33. The molecule has 2 N–H and O–H groups in total. The van der Waals surface area contributed by atoms with Crippen LogP contribution in [-0.4, -0.2) is 18.8 Å². The Bertz CT molecular complexity index is 400. The van der Waals surface area contributed by atoms with Crippen LogP contribution >= 0.6 is 11.6 Å². The number of phenolic OH excluding ortho intramolecular Hbond substituents is 1. The van der Waals surface area contributed by atoms with Crippen LogP contribution in [-0.2, 0) is 0 Å². The van der Waals surface area contributed by atoms with Gasteiger partial charge in [-0.25, -0.2) is 0 Å². The van der Waals surface area contributed by atoms with Crippen LogP contribution in [0.1, 0.15) is 30.0 Å². The first kappa shape index (κ1) is 11.6. The molecule has 1 fully saturated rings. The number of hydrogen-bond donors (Lipinski definition) is 2. The molecule has 0 aromatic heterocycles. The average Bonchev–Trinajstić information content (AvgIpc) is 2.79. The molecule has 1 aliphatic rings. The minimum Gasteiger partial charge on any atom is -0.506 e. The van der Waals surface area contributed by atoms with Gasteiger partial charge in [0.2, 0.25) is 0 Å². The Kier molecular flexibility index (Phi) is 3.26. The SMILES string of the molecule is COc1c(C2CCCN2)cc(C)c(O)c1Cl. The van der Waals surface area contributed by atoms with Gasteiger partial charge in [-0.15, -0.1) is 0 Å². The molecule has 1 heterocycles. The molecule has 0 radical (unpaired) electrons. The van der Waals surface area contributed by atoms with Crippen LogP contribution in [0.5, 0.6) is 11.5 Å². The number of benzene rings is 1. The van der Waals surface area contributed by atoms with Crippen LogP contribution in [0.3, 0.4) is 0 Å². The number of aryl methyl sites for hydroxylation is 1. The summed E-state index contributed by atoms with van der Waals surface area (Å²) in [5, 5.41) is 13.5. The highest BCUT2D eigenvalue weighted by Crippen LogP contribution is 2.42. The van der Waals surface area contributed by atoms with Gasteiger partial charge in [-0.2, -0.15) is 0 Å². The lowest BCUT2D eigenvalue weighted by molar-refractivity contribution is 0.396. The van der Waals surface area contributed by atoms with E-state index in [4.69, 9.17) is 16.3 Å². The first-order valence-corrected chi connectivity index (χ1v) is 5.82. The Morgan fingerprint density at radius 2 is 2.31 bits per heavy atom. The molecule has 88 valence electrons. The monoisotopic (exact) mass is 241 g/mol. The third-order valence-electron chi connectivity index (χ3n) is 3.05. The fourth-order valence-electron chi connectivity index (χ4n) is 2.19. The van der Waals surface area contributed by atoms with Crippen molar-refractivity contribution >= 4 is 11.6 Å². The quantitative estimate of drug-likeness (QED) is 0.837. The van der Waals surface area contributed by atoms with Crippen molar-refractivity contribution in [2.45, 2.75) is 25.8 Å². The standard InChI is InChI=1S/C12H16ClNO2/c1-7-6-8(9-4-3-5-14-9)12(16-2)10(13)11(7)15/h6,9,14-15H,3-5H2,1-2H3. The highest BCUT2D eigenvalue weighted by Gasteiger charge is 2.23. The zero-order chi connectivity index (χ0) is 11.7. The van der Waals surface area contributed by atoms with Crippen molar-refractivity contribution in [3.05, 3.63) is 22.2 Å². The molecule has 16 heavy (non-hydrogen) atoms. The number of aromatic hydroxyl groups is 1. The van der Waals surface area contributed by atoms with Crippen LogP contribution < -0.4 is 10.1 Å². The predicted molar refractivity (Wildman–Crippen MR) is 64.4 cm³/mol. The molecule has 2 rings (SSSR count). The van der Waals surface area contributed by atoms with Gasteiger partial charge >= 0.3 is 0 Å². The first-order valence-electron chi connectivity index (χ1n) is 5.44. The van der Waals surface area contributed by atoms with Gasteiger partial charge in [-0.3, -0.25) is 0 Å². The van der Waals surface area contributed by atoms with Gasteiger partial charge in [0.05, 0.1) is 7.11 Å². The van der Waals surface area contributed by atoms with E-state index >= 15 is 0 Å². The number of rotatable bonds is 2. The van der Waals surface area contributed by atoms with Crippen LogP contribution in [0, 0.1) is 6.92 Å². The minimum absolute atomic E-state index is 0.111. The summed E-state index contributed by atoms with van der Waals surface area (Å²) >= 11 is 6.08. The molecule has 1 aliphatic heterocycles. The summed E-state index contributed by atoms with van der Waals surface area (Å²) in [6.07, 6.45) is 2.24. The van der Waals surface area contributed by atoms with Gasteiger partial charge in [0.15, 0.2) is 0 Å². The molecular formula is C12H16ClNO2. The Morgan fingerprint density at radius 3 is 2.88 bits per heavy atom. The molecule has 0 spiro atoms. The van der Waals surface area contributed by atoms with Gasteiger partial charge < -0.3 is 15.2 Å². The normalized spacial score (nSPS) is 20.1. The molecule has 1 aromatic carbocycles. The van der Waals surface area contributed by atoms with Crippen LogP contribution in [0.2, 0.25) is 5.02 Å². The molecule has 1 unspecified atom stereocenters. The summed E-state index contributed by atoms with van der Waals surface area (Å²) in [6.45, 7) is 2.87. The van der Waals surface area contributed by atoms with Crippen LogP contribution in [0.25, 0.3) is 0 Å². The molecule has 0 amide bonds. The van der Waals surface area contributed by atoms with Crippen LogP contribution in [0.15, 0.2) is 6.07 Å². The summed E-state index contributed by atoms with van der Waals surface area (Å²) in [7, 11) is 1.58. The van der Waals surface area contributed by atoms with Gasteiger partial charge in [0.25, 0.3) is 0 Å². The second-order valence-corrected chi connectivity index (χ2v) is 4.51. The number of hydrogen-bond acceptors (Lipinski definition) is 3. The molecule has 3 nitrogen and oxygen atoms in total. The molecule has 1 aromatic rings. The fraction of sp³-hybridized carbons (Fsp3) is 0.500. The Morgan fingerprint density at radius 1 is 1.56 bits per heavy atom. The van der Waals surface area contributed by atoms with Crippen LogP contribution in [0.4, 0.5) is 0 Å². The Balaban J connectivity index is 2.50. The topological polar surface area (TPSA) is 41.5 Å². The van der Waals surface area contributed by atoms with Crippen molar-refractivity contribution in [1.29, 1.82) is 0 Å². The van der Waals surface area contributed by atoms with Crippen molar-refractivity contribution in [1.82, 2.24) is 5.32 Å². The van der Waals surface area contributed by atoms with Crippen molar-refractivity contribution in [2.75, 3.05) is 13.7 Å². The van der Waals surface area contributed by atoms with Gasteiger partial charge in [-0.1, -0.05) is 11.6 Å². The number of nitrogens with one attached hydrogen (secondary N) is 1. The Hall–Kier alpha value is -0.930. The summed E-state index contributed by atoms with van der Waals surface area (Å²) in [5.41, 5.74) is 1.83. The summed E-state index contributed by atoms with van der Waals surface area (Å²) in [4.78, 5) is 0. The van der Waals surface area contributed by atoms with E-state index in [0.29, 0.717) is 10.8 Å². The largest absolute Gasteiger partial charge is 0.506 e. The average molecular weight is 242 g/mol. The van der Waals surface area contributed by atoms with E-state index in [9.17, 15) is 5.11 Å². The van der Waals surface area contributed by atoms with Gasteiger partial charge in [0, 0.05) is 11.6 Å². The smallest absolute Gasteiger partial charge is 0.146 e. The third-order valence-corrected chi connectivity index (χ3v) is 3.41. The zero-order valence-electron chi connectivity index (χ0n) is 9.51. The highest BCUT2D eigenvalue weighted by atomic mass is 35.5. The molecular weight excluding hydrogens is 226 g/mol. The van der Waals surface area contributed by atoms with E-state index < -0.39 is 0 Å². The summed E-state index contributed by atoms with van der Waals surface area (Å²) < 4.78 is 5.29. The zero-order valence-corrected chi connectivity index (χ0v) is 10.3. The minimum atomic E-state index is 0.111.